The summed E-state index contributed by atoms with van der Waals surface area (Å²) in [7, 11) is 0. The first kappa shape index (κ1) is 14.9. The Labute approximate surface area is 96.6 Å². The SMILES string of the molecule is CC.CCN1CCN(CCC(C)C)CC1. The summed E-state index contributed by atoms with van der Waals surface area (Å²) in [6, 6.07) is 0. The van der Waals surface area contributed by atoms with Crippen LogP contribution in [0.2, 0.25) is 0 Å². The zero-order valence-electron chi connectivity index (χ0n) is 11.4. The van der Waals surface area contributed by atoms with Crippen LogP contribution in [0.1, 0.15) is 41.0 Å². The molecule has 1 fully saturated rings. The van der Waals surface area contributed by atoms with Gasteiger partial charge >= 0.3 is 0 Å². The molecule has 1 aliphatic heterocycles. The highest BCUT2D eigenvalue weighted by atomic mass is 15.3. The van der Waals surface area contributed by atoms with Crippen LogP contribution in [0.25, 0.3) is 0 Å². The lowest BCUT2D eigenvalue weighted by atomic mass is 10.1. The maximum absolute atomic E-state index is 2.60. The highest BCUT2D eigenvalue weighted by molar-refractivity contribution is 4.70. The van der Waals surface area contributed by atoms with Gasteiger partial charge in [0.05, 0.1) is 0 Å². The van der Waals surface area contributed by atoms with Gasteiger partial charge in [-0.05, 0) is 25.4 Å². The zero-order valence-corrected chi connectivity index (χ0v) is 11.4. The predicted molar refractivity (Wildman–Crippen MR) is 69.4 cm³/mol. The van der Waals surface area contributed by atoms with E-state index in [4.69, 9.17) is 0 Å². The third kappa shape index (κ3) is 6.91. The van der Waals surface area contributed by atoms with Crippen molar-refractivity contribution in [2.45, 2.75) is 41.0 Å². The molecule has 0 saturated carbocycles. The molecule has 2 nitrogen and oxygen atoms in total. The largest absolute Gasteiger partial charge is 0.301 e. The van der Waals surface area contributed by atoms with Gasteiger partial charge in [0.15, 0.2) is 0 Å². The number of piperazine rings is 1. The Morgan fingerprint density at radius 3 is 1.80 bits per heavy atom. The van der Waals surface area contributed by atoms with E-state index in [0.717, 1.165) is 5.92 Å². The van der Waals surface area contributed by atoms with Crippen LogP contribution in [0.4, 0.5) is 0 Å². The highest BCUT2D eigenvalue weighted by Gasteiger charge is 2.14. The van der Waals surface area contributed by atoms with Crippen LogP contribution in [0.3, 0.4) is 0 Å². The smallest absolute Gasteiger partial charge is 0.0110 e. The van der Waals surface area contributed by atoms with Crippen LogP contribution in [0, 0.1) is 5.92 Å². The van der Waals surface area contributed by atoms with Crippen molar-refractivity contribution in [2.24, 2.45) is 5.92 Å². The van der Waals surface area contributed by atoms with Crippen molar-refractivity contribution in [3.63, 3.8) is 0 Å². The standard InChI is InChI=1S/C11H24N2.C2H6/c1-4-12-7-9-13(10-8-12)6-5-11(2)3;1-2/h11H,4-10H2,1-3H3;1-2H3. The molecule has 0 unspecified atom stereocenters. The second-order valence-electron chi connectivity index (χ2n) is 4.46. The van der Waals surface area contributed by atoms with Crippen LogP contribution in [0.15, 0.2) is 0 Å². The molecule has 1 rings (SSSR count). The molecule has 2 heteroatoms. The van der Waals surface area contributed by atoms with Crippen molar-refractivity contribution in [3.05, 3.63) is 0 Å². The van der Waals surface area contributed by atoms with E-state index in [-0.39, 0.29) is 0 Å². The molecular weight excluding hydrogens is 184 g/mol. The first-order valence-corrected chi connectivity index (χ1v) is 6.67. The Balaban J connectivity index is 0.000000921. The van der Waals surface area contributed by atoms with Gasteiger partial charge in [0.25, 0.3) is 0 Å². The number of hydrogen-bond donors (Lipinski definition) is 0. The van der Waals surface area contributed by atoms with Gasteiger partial charge in [-0.25, -0.2) is 0 Å². The Morgan fingerprint density at radius 2 is 1.40 bits per heavy atom. The minimum absolute atomic E-state index is 0.851. The molecule has 0 radical (unpaired) electrons. The summed E-state index contributed by atoms with van der Waals surface area (Å²) in [5.41, 5.74) is 0. The fraction of sp³-hybridized carbons (Fsp3) is 1.00. The topological polar surface area (TPSA) is 6.48 Å². The van der Waals surface area contributed by atoms with Gasteiger partial charge in [-0.3, -0.25) is 0 Å². The van der Waals surface area contributed by atoms with E-state index >= 15 is 0 Å². The quantitative estimate of drug-likeness (QED) is 0.710. The maximum Gasteiger partial charge on any atom is 0.0110 e. The maximum atomic E-state index is 2.60. The monoisotopic (exact) mass is 214 g/mol. The third-order valence-electron chi connectivity index (χ3n) is 2.93. The average molecular weight is 214 g/mol. The van der Waals surface area contributed by atoms with E-state index in [9.17, 15) is 0 Å². The minimum Gasteiger partial charge on any atom is -0.301 e. The van der Waals surface area contributed by atoms with Gasteiger partial charge in [-0.1, -0.05) is 34.6 Å². The van der Waals surface area contributed by atoms with Crippen molar-refractivity contribution in [2.75, 3.05) is 39.3 Å². The molecule has 1 saturated heterocycles. The number of likely N-dealkylation sites (N-methyl/N-ethyl adjacent to an activating group) is 1. The summed E-state index contributed by atoms with van der Waals surface area (Å²) in [6.07, 6.45) is 1.35. The second kappa shape index (κ2) is 9.17. The fourth-order valence-corrected chi connectivity index (χ4v) is 1.77. The molecule has 1 heterocycles. The van der Waals surface area contributed by atoms with Crippen molar-refractivity contribution in [1.29, 1.82) is 0 Å². The Hall–Kier alpha value is -0.0800. The van der Waals surface area contributed by atoms with Gasteiger partial charge in [0.2, 0.25) is 0 Å². The summed E-state index contributed by atoms with van der Waals surface area (Å²) >= 11 is 0. The lowest BCUT2D eigenvalue weighted by molar-refractivity contribution is 0.133. The highest BCUT2D eigenvalue weighted by Crippen LogP contribution is 2.05. The molecule has 15 heavy (non-hydrogen) atoms. The molecule has 0 amide bonds. The Kier molecular flexibility index (Phi) is 9.12. The van der Waals surface area contributed by atoms with Crippen molar-refractivity contribution in [3.8, 4) is 0 Å². The number of hydrogen-bond acceptors (Lipinski definition) is 2. The Bertz CT molecular complexity index is 126. The first-order chi connectivity index (χ1) is 7.22. The number of rotatable bonds is 4. The van der Waals surface area contributed by atoms with Crippen molar-refractivity contribution in [1.82, 2.24) is 9.80 Å². The minimum atomic E-state index is 0.851. The van der Waals surface area contributed by atoms with Gasteiger partial charge in [-0.2, -0.15) is 0 Å². The molecule has 0 bridgehead atoms. The predicted octanol–water partition coefficient (Wildman–Crippen LogP) is 2.70. The van der Waals surface area contributed by atoms with Crippen LogP contribution >= 0.6 is 0 Å². The molecule has 0 aromatic rings. The molecule has 0 spiro atoms. The lowest BCUT2D eigenvalue weighted by Gasteiger charge is -2.34. The third-order valence-corrected chi connectivity index (χ3v) is 2.93. The molecular formula is C13H30N2. The summed E-state index contributed by atoms with van der Waals surface area (Å²) in [6.45, 7) is 18.5. The second-order valence-corrected chi connectivity index (χ2v) is 4.46. The van der Waals surface area contributed by atoms with Crippen molar-refractivity contribution >= 4 is 0 Å². The normalized spacial score (nSPS) is 18.8. The van der Waals surface area contributed by atoms with Gasteiger partial charge in [0, 0.05) is 26.2 Å². The molecule has 92 valence electrons. The van der Waals surface area contributed by atoms with Crippen LogP contribution in [-0.2, 0) is 0 Å². The molecule has 1 aliphatic rings. The van der Waals surface area contributed by atoms with E-state index in [0.29, 0.717) is 0 Å². The molecule has 0 N–H and O–H groups in total. The molecule has 0 aromatic heterocycles. The van der Waals surface area contributed by atoms with Gasteiger partial charge < -0.3 is 9.80 Å². The van der Waals surface area contributed by atoms with E-state index in [1.165, 1.54) is 45.7 Å². The summed E-state index contributed by atoms with van der Waals surface area (Å²) in [4.78, 5) is 5.14. The molecule has 0 aliphatic carbocycles. The van der Waals surface area contributed by atoms with E-state index in [2.05, 4.69) is 30.6 Å². The molecule has 0 atom stereocenters. The lowest BCUT2D eigenvalue weighted by Crippen LogP contribution is -2.46. The van der Waals surface area contributed by atoms with Crippen LogP contribution in [-0.4, -0.2) is 49.1 Å². The van der Waals surface area contributed by atoms with Crippen LogP contribution in [0.5, 0.6) is 0 Å². The van der Waals surface area contributed by atoms with Gasteiger partial charge in [-0.15, -0.1) is 0 Å². The Morgan fingerprint density at radius 1 is 0.933 bits per heavy atom. The van der Waals surface area contributed by atoms with Crippen molar-refractivity contribution < 1.29 is 0 Å². The summed E-state index contributed by atoms with van der Waals surface area (Å²) < 4.78 is 0. The fourth-order valence-electron chi connectivity index (χ4n) is 1.77. The van der Waals surface area contributed by atoms with Crippen LogP contribution < -0.4 is 0 Å². The summed E-state index contributed by atoms with van der Waals surface area (Å²) in [5, 5.41) is 0. The van der Waals surface area contributed by atoms with E-state index in [1.807, 2.05) is 13.8 Å². The van der Waals surface area contributed by atoms with E-state index < -0.39 is 0 Å². The average Bonchev–Trinajstić information content (AvgIpc) is 2.30. The first-order valence-electron chi connectivity index (χ1n) is 6.67. The number of nitrogens with zero attached hydrogens (tertiary/aromatic N) is 2. The summed E-state index contributed by atoms with van der Waals surface area (Å²) in [5.74, 6) is 0.851. The zero-order chi connectivity index (χ0) is 11.7. The van der Waals surface area contributed by atoms with Gasteiger partial charge in [0.1, 0.15) is 0 Å². The molecule has 0 aromatic carbocycles. The van der Waals surface area contributed by atoms with E-state index in [1.54, 1.807) is 0 Å².